The molecule has 19 heavy (non-hydrogen) atoms. The molecule has 0 N–H and O–H groups in total. The molecule has 0 spiro atoms. The van der Waals surface area contributed by atoms with E-state index in [1.807, 2.05) is 11.4 Å². The van der Waals surface area contributed by atoms with Crippen LogP contribution in [0.4, 0.5) is 4.39 Å². The maximum absolute atomic E-state index is 13.2. The van der Waals surface area contributed by atoms with Crippen molar-refractivity contribution in [1.82, 2.24) is 9.55 Å². The lowest BCUT2D eigenvalue weighted by Gasteiger charge is -2.06. The van der Waals surface area contributed by atoms with Crippen molar-refractivity contribution < 1.29 is 4.39 Å². The molecule has 0 aliphatic heterocycles. The van der Waals surface area contributed by atoms with Gasteiger partial charge in [0.05, 0.1) is 22.9 Å². The summed E-state index contributed by atoms with van der Waals surface area (Å²) in [6.07, 6.45) is 1.52. The van der Waals surface area contributed by atoms with Crippen LogP contribution in [0.5, 0.6) is 0 Å². The minimum Gasteiger partial charge on any atom is -0.294 e. The Balaban J connectivity index is 2.03. The molecule has 0 unspecified atom stereocenters. The predicted molar refractivity (Wildman–Crippen MR) is 77.1 cm³/mol. The first kappa shape index (κ1) is 12.5. The fourth-order valence-corrected chi connectivity index (χ4v) is 3.05. The van der Waals surface area contributed by atoms with Crippen LogP contribution in [-0.2, 0) is 6.54 Å². The average molecular weight is 339 g/mol. The highest BCUT2D eigenvalue weighted by Crippen LogP contribution is 2.18. The van der Waals surface area contributed by atoms with Gasteiger partial charge < -0.3 is 0 Å². The lowest BCUT2D eigenvalue weighted by Crippen LogP contribution is -2.20. The number of thiophene rings is 1. The zero-order valence-corrected chi connectivity index (χ0v) is 12.0. The SMILES string of the molecule is O=c1c2sccc2ncn1Cc1ccc(F)c(Br)c1. The van der Waals surface area contributed by atoms with Crippen molar-refractivity contribution >= 4 is 37.5 Å². The molecule has 0 aliphatic carbocycles. The lowest BCUT2D eigenvalue weighted by atomic mass is 10.2. The second kappa shape index (κ2) is 4.86. The Morgan fingerprint density at radius 1 is 1.37 bits per heavy atom. The fourth-order valence-electron chi connectivity index (χ4n) is 1.83. The van der Waals surface area contributed by atoms with E-state index in [9.17, 15) is 9.18 Å². The highest BCUT2D eigenvalue weighted by atomic mass is 79.9. The number of rotatable bonds is 2. The van der Waals surface area contributed by atoms with Crippen molar-refractivity contribution in [1.29, 1.82) is 0 Å². The first-order valence-corrected chi connectivity index (χ1v) is 7.19. The molecule has 0 saturated carbocycles. The van der Waals surface area contributed by atoms with E-state index in [0.29, 0.717) is 21.2 Å². The third-order valence-corrected chi connectivity index (χ3v) is 4.27. The molecule has 0 bridgehead atoms. The number of hydrogen-bond donors (Lipinski definition) is 0. The summed E-state index contributed by atoms with van der Waals surface area (Å²) in [6, 6.07) is 6.52. The number of halogens is 2. The van der Waals surface area contributed by atoms with Crippen LogP contribution in [0.2, 0.25) is 0 Å². The molecule has 0 fully saturated rings. The second-order valence-electron chi connectivity index (χ2n) is 4.06. The van der Waals surface area contributed by atoms with Gasteiger partial charge in [-0.3, -0.25) is 9.36 Å². The minimum absolute atomic E-state index is 0.0690. The summed E-state index contributed by atoms with van der Waals surface area (Å²) in [5, 5.41) is 1.85. The van der Waals surface area contributed by atoms with E-state index in [1.165, 1.54) is 28.3 Å². The number of benzene rings is 1. The third-order valence-electron chi connectivity index (χ3n) is 2.77. The molecular weight excluding hydrogens is 331 g/mol. The highest BCUT2D eigenvalue weighted by Gasteiger charge is 2.07. The molecule has 2 heterocycles. The Bertz CT molecular complexity index is 812. The molecule has 0 amide bonds. The van der Waals surface area contributed by atoms with E-state index in [0.717, 1.165) is 5.56 Å². The third kappa shape index (κ3) is 2.33. The van der Waals surface area contributed by atoms with E-state index >= 15 is 0 Å². The summed E-state index contributed by atoms with van der Waals surface area (Å²) in [5.41, 5.74) is 1.49. The van der Waals surface area contributed by atoms with E-state index in [2.05, 4.69) is 20.9 Å². The smallest absolute Gasteiger partial charge is 0.271 e. The molecule has 1 aromatic carbocycles. The summed E-state index contributed by atoms with van der Waals surface area (Å²) >= 11 is 4.51. The van der Waals surface area contributed by atoms with Crippen LogP contribution >= 0.6 is 27.3 Å². The average Bonchev–Trinajstić information content (AvgIpc) is 2.86. The largest absolute Gasteiger partial charge is 0.294 e. The van der Waals surface area contributed by atoms with Crippen molar-refractivity contribution in [3.05, 3.63) is 62.2 Å². The van der Waals surface area contributed by atoms with Crippen molar-refractivity contribution in [2.45, 2.75) is 6.54 Å². The molecule has 6 heteroatoms. The normalized spacial score (nSPS) is 11.1. The number of fused-ring (bicyclic) bond motifs is 1. The second-order valence-corrected chi connectivity index (χ2v) is 5.83. The van der Waals surface area contributed by atoms with Gasteiger partial charge in [0.2, 0.25) is 0 Å². The van der Waals surface area contributed by atoms with Crippen molar-refractivity contribution in [2.75, 3.05) is 0 Å². The van der Waals surface area contributed by atoms with Gasteiger partial charge in [-0.15, -0.1) is 11.3 Å². The maximum Gasteiger partial charge on any atom is 0.271 e. The van der Waals surface area contributed by atoms with Crippen molar-refractivity contribution in [2.24, 2.45) is 0 Å². The fraction of sp³-hybridized carbons (Fsp3) is 0.0769. The van der Waals surface area contributed by atoms with Crippen molar-refractivity contribution in [3.63, 3.8) is 0 Å². The zero-order valence-electron chi connectivity index (χ0n) is 9.64. The van der Waals surface area contributed by atoms with Gasteiger partial charge in [-0.05, 0) is 45.1 Å². The van der Waals surface area contributed by atoms with Gasteiger partial charge in [0.25, 0.3) is 5.56 Å². The Morgan fingerprint density at radius 2 is 2.21 bits per heavy atom. The van der Waals surface area contributed by atoms with Crippen LogP contribution in [0.1, 0.15) is 5.56 Å². The minimum atomic E-state index is -0.317. The first-order chi connectivity index (χ1) is 9.15. The molecule has 0 aliphatic rings. The Kier molecular flexibility index (Phi) is 3.20. The van der Waals surface area contributed by atoms with Gasteiger partial charge in [-0.1, -0.05) is 6.07 Å². The van der Waals surface area contributed by atoms with E-state index < -0.39 is 0 Å². The molecular formula is C13H8BrFN2OS. The number of hydrogen-bond acceptors (Lipinski definition) is 3. The number of nitrogens with zero attached hydrogens (tertiary/aromatic N) is 2. The van der Waals surface area contributed by atoms with Gasteiger partial charge in [-0.2, -0.15) is 0 Å². The van der Waals surface area contributed by atoms with Gasteiger partial charge in [0, 0.05) is 0 Å². The zero-order chi connectivity index (χ0) is 13.4. The first-order valence-electron chi connectivity index (χ1n) is 5.52. The summed E-state index contributed by atoms with van der Waals surface area (Å²) in [5.74, 6) is -0.317. The van der Waals surface area contributed by atoms with Gasteiger partial charge in [-0.25, -0.2) is 9.37 Å². The molecule has 2 aromatic heterocycles. The molecule has 0 atom stereocenters. The maximum atomic E-state index is 13.2. The summed E-state index contributed by atoms with van der Waals surface area (Å²) in [4.78, 5) is 16.4. The van der Waals surface area contributed by atoms with Crippen LogP contribution in [0.15, 0.2) is 45.2 Å². The van der Waals surface area contributed by atoms with Gasteiger partial charge >= 0.3 is 0 Å². The summed E-state index contributed by atoms with van der Waals surface area (Å²) in [6.45, 7) is 0.374. The topological polar surface area (TPSA) is 34.9 Å². The van der Waals surface area contributed by atoms with E-state index in [4.69, 9.17) is 0 Å². The quantitative estimate of drug-likeness (QED) is 0.717. The van der Waals surface area contributed by atoms with E-state index in [1.54, 1.807) is 12.1 Å². The summed E-state index contributed by atoms with van der Waals surface area (Å²) < 4.78 is 15.7. The molecule has 3 rings (SSSR count). The molecule has 3 aromatic rings. The highest BCUT2D eigenvalue weighted by molar-refractivity contribution is 9.10. The monoisotopic (exact) mass is 338 g/mol. The van der Waals surface area contributed by atoms with Crippen LogP contribution in [0, 0.1) is 5.82 Å². The Hall–Kier alpha value is -1.53. The predicted octanol–water partition coefficient (Wildman–Crippen LogP) is 3.41. The van der Waals surface area contributed by atoms with Crippen LogP contribution < -0.4 is 5.56 Å². The van der Waals surface area contributed by atoms with Gasteiger partial charge in [0.1, 0.15) is 10.5 Å². The van der Waals surface area contributed by atoms with E-state index in [-0.39, 0.29) is 11.4 Å². The van der Waals surface area contributed by atoms with Crippen LogP contribution in [0.25, 0.3) is 10.2 Å². The Labute approximate surface area is 120 Å². The van der Waals surface area contributed by atoms with Crippen LogP contribution in [-0.4, -0.2) is 9.55 Å². The molecule has 0 radical (unpaired) electrons. The van der Waals surface area contributed by atoms with Crippen LogP contribution in [0.3, 0.4) is 0 Å². The lowest BCUT2D eigenvalue weighted by molar-refractivity contribution is 0.619. The number of aromatic nitrogens is 2. The molecule has 96 valence electrons. The molecule has 0 saturated heterocycles. The molecule has 3 nitrogen and oxygen atoms in total. The summed E-state index contributed by atoms with van der Waals surface area (Å²) in [7, 11) is 0. The van der Waals surface area contributed by atoms with Crippen molar-refractivity contribution in [3.8, 4) is 0 Å². The standard InChI is InChI=1S/C13H8BrFN2OS/c14-9-5-8(1-2-10(9)15)6-17-7-16-11-3-4-19-12(11)13(17)18/h1-5,7H,6H2. The van der Waals surface area contributed by atoms with Gasteiger partial charge in [0.15, 0.2) is 0 Å². The Morgan fingerprint density at radius 3 is 3.00 bits per heavy atom.